The van der Waals surface area contributed by atoms with Gasteiger partial charge < -0.3 is 20.6 Å². The Bertz CT molecular complexity index is 358. The zero-order valence-corrected chi connectivity index (χ0v) is 10.8. The summed E-state index contributed by atoms with van der Waals surface area (Å²) in [4.78, 5) is 0. The molecule has 0 atom stereocenters. The molecule has 0 unspecified atom stereocenters. The van der Waals surface area contributed by atoms with Gasteiger partial charge in [-0.15, -0.1) is 0 Å². The van der Waals surface area contributed by atoms with Gasteiger partial charge in [0.1, 0.15) is 0 Å². The van der Waals surface area contributed by atoms with Crippen LogP contribution in [-0.4, -0.2) is 33.9 Å². The predicted molar refractivity (Wildman–Crippen MR) is 70.8 cm³/mol. The number of phenolic OH excluding ortho intramolecular Hbond substituents is 3. The van der Waals surface area contributed by atoms with Crippen LogP contribution in [0.25, 0.3) is 0 Å². The van der Waals surface area contributed by atoms with Crippen LogP contribution in [0.2, 0.25) is 0 Å². The molecular weight excluding hydrogens is 238 g/mol. The summed E-state index contributed by atoms with van der Waals surface area (Å²) < 4.78 is 0. The average molecular weight is 257 g/mol. The van der Waals surface area contributed by atoms with E-state index >= 15 is 0 Å². The van der Waals surface area contributed by atoms with Crippen molar-refractivity contribution in [3.8, 4) is 17.2 Å². The van der Waals surface area contributed by atoms with Crippen LogP contribution in [0.1, 0.15) is 18.4 Å². The lowest BCUT2D eigenvalue weighted by molar-refractivity contribution is 0.364. The van der Waals surface area contributed by atoms with Crippen molar-refractivity contribution in [2.75, 3.05) is 18.6 Å². The fourth-order valence-corrected chi connectivity index (χ4v) is 1.97. The predicted octanol–water partition coefficient (Wildman–Crippen LogP) is 2.04. The summed E-state index contributed by atoms with van der Waals surface area (Å²) in [6.45, 7) is 1.36. The van der Waals surface area contributed by atoms with Crippen molar-refractivity contribution in [2.24, 2.45) is 0 Å². The Morgan fingerprint density at radius 2 is 1.88 bits per heavy atom. The largest absolute Gasteiger partial charge is 0.504 e. The zero-order chi connectivity index (χ0) is 12.7. The van der Waals surface area contributed by atoms with Crippen LogP contribution in [0.4, 0.5) is 0 Å². The third-order valence-corrected chi connectivity index (χ3v) is 3.18. The lowest BCUT2D eigenvalue weighted by Crippen LogP contribution is -2.14. The molecule has 0 radical (unpaired) electrons. The number of thioether (sulfide) groups is 1. The highest BCUT2D eigenvalue weighted by molar-refractivity contribution is 7.98. The van der Waals surface area contributed by atoms with Gasteiger partial charge in [0.15, 0.2) is 11.5 Å². The minimum Gasteiger partial charge on any atom is -0.504 e. The van der Waals surface area contributed by atoms with E-state index in [0.717, 1.165) is 18.7 Å². The van der Waals surface area contributed by atoms with Gasteiger partial charge in [0.2, 0.25) is 5.75 Å². The van der Waals surface area contributed by atoms with E-state index in [0.29, 0.717) is 12.1 Å². The lowest BCUT2D eigenvalue weighted by Gasteiger charge is -2.08. The number of nitrogens with one attached hydrogen (secondary N) is 1. The molecule has 4 N–H and O–H groups in total. The highest BCUT2D eigenvalue weighted by Gasteiger charge is 2.09. The SMILES string of the molecule is CSCCCCNCc1ccc(O)c(O)c1O. The fraction of sp³-hybridized carbons (Fsp3) is 0.500. The zero-order valence-electron chi connectivity index (χ0n) is 9.94. The number of rotatable bonds is 7. The van der Waals surface area contributed by atoms with E-state index in [-0.39, 0.29) is 11.5 Å². The van der Waals surface area contributed by atoms with E-state index in [2.05, 4.69) is 11.6 Å². The van der Waals surface area contributed by atoms with Crippen LogP contribution in [0.15, 0.2) is 12.1 Å². The van der Waals surface area contributed by atoms with E-state index in [9.17, 15) is 10.2 Å². The van der Waals surface area contributed by atoms with E-state index in [1.54, 1.807) is 6.07 Å². The summed E-state index contributed by atoms with van der Waals surface area (Å²) in [5.41, 5.74) is 0.588. The minimum absolute atomic E-state index is 0.249. The second-order valence-electron chi connectivity index (χ2n) is 3.82. The number of hydrogen-bond acceptors (Lipinski definition) is 5. The maximum Gasteiger partial charge on any atom is 0.200 e. The molecule has 0 aromatic heterocycles. The van der Waals surface area contributed by atoms with Gasteiger partial charge in [-0.05, 0) is 37.5 Å². The molecule has 96 valence electrons. The molecule has 17 heavy (non-hydrogen) atoms. The van der Waals surface area contributed by atoms with Crippen molar-refractivity contribution in [3.05, 3.63) is 17.7 Å². The van der Waals surface area contributed by atoms with E-state index in [1.165, 1.54) is 12.5 Å². The first kappa shape index (κ1) is 14.0. The maximum atomic E-state index is 9.57. The summed E-state index contributed by atoms with van der Waals surface area (Å²) in [6.07, 6.45) is 4.34. The van der Waals surface area contributed by atoms with E-state index < -0.39 is 5.75 Å². The average Bonchev–Trinajstić information content (AvgIpc) is 2.33. The molecule has 0 aliphatic carbocycles. The monoisotopic (exact) mass is 257 g/mol. The van der Waals surface area contributed by atoms with Crippen LogP contribution in [-0.2, 0) is 6.54 Å². The summed E-state index contributed by atoms with van der Waals surface area (Å²) in [5, 5.41) is 31.2. The first-order chi connectivity index (χ1) is 8.16. The van der Waals surface area contributed by atoms with Gasteiger partial charge in [0.25, 0.3) is 0 Å². The molecule has 0 saturated heterocycles. The third kappa shape index (κ3) is 4.36. The van der Waals surface area contributed by atoms with Crippen LogP contribution in [0, 0.1) is 0 Å². The third-order valence-electron chi connectivity index (χ3n) is 2.48. The van der Waals surface area contributed by atoms with Crippen molar-refractivity contribution < 1.29 is 15.3 Å². The Morgan fingerprint density at radius 3 is 2.59 bits per heavy atom. The van der Waals surface area contributed by atoms with Crippen molar-refractivity contribution in [1.82, 2.24) is 5.32 Å². The molecule has 0 aliphatic rings. The standard InChI is InChI=1S/C12H19NO3S/c1-17-7-3-2-6-13-8-9-4-5-10(14)12(16)11(9)15/h4-5,13-16H,2-3,6-8H2,1H3. The van der Waals surface area contributed by atoms with E-state index in [1.807, 2.05) is 11.8 Å². The minimum atomic E-state index is -0.452. The molecule has 1 aromatic carbocycles. The second kappa shape index (κ2) is 7.29. The van der Waals surface area contributed by atoms with Gasteiger partial charge >= 0.3 is 0 Å². The van der Waals surface area contributed by atoms with Gasteiger partial charge in [-0.25, -0.2) is 0 Å². The first-order valence-corrected chi connectivity index (χ1v) is 6.98. The molecule has 4 nitrogen and oxygen atoms in total. The van der Waals surface area contributed by atoms with Crippen LogP contribution in [0.3, 0.4) is 0 Å². The molecule has 0 spiro atoms. The van der Waals surface area contributed by atoms with Crippen LogP contribution >= 0.6 is 11.8 Å². The van der Waals surface area contributed by atoms with Crippen LogP contribution < -0.4 is 5.32 Å². The Morgan fingerprint density at radius 1 is 1.12 bits per heavy atom. The van der Waals surface area contributed by atoms with Gasteiger partial charge in [0.05, 0.1) is 0 Å². The normalized spacial score (nSPS) is 10.6. The topological polar surface area (TPSA) is 72.7 Å². The summed E-state index contributed by atoms with van der Waals surface area (Å²) in [7, 11) is 0. The Labute approximate surface area is 106 Å². The smallest absolute Gasteiger partial charge is 0.200 e. The summed E-state index contributed by atoms with van der Waals surface area (Å²) in [5.74, 6) is 0.159. The van der Waals surface area contributed by atoms with Gasteiger partial charge in [-0.3, -0.25) is 0 Å². The van der Waals surface area contributed by atoms with Crippen molar-refractivity contribution >= 4 is 11.8 Å². The second-order valence-corrected chi connectivity index (χ2v) is 4.80. The Hall–Kier alpha value is -1.07. The molecule has 1 aromatic rings. The highest BCUT2D eigenvalue weighted by Crippen LogP contribution is 2.36. The number of unbranched alkanes of at least 4 members (excludes halogenated alkanes) is 1. The Balaban J connectivity index is 2.35. The molecule has 0 aliphatic heterocycles. The molecule has 0 heterocycles. The lowest BCUT2D eigenvalue weighted by atomic mass is 10.1. The maximum absolute atomic E-state index is 9.57. The quantitative estimate of drug-likeness (QED) is 0.444. The number of aromatic hydroxyl groups is 3. The molecule has 0 bridgehead atoms. The van der Waals surface area contributed by atoms with Crippen molar-refractivity contribution in [2.45, 2.75) is 19.4 Å². The van der Waals surface area contributed by atoms with E-state index in [4.69, 9.17) is 5.11 Å². The molecule has 0 saturated carbocycles. The number of hydrogen-bond donors (Lipinski definition) is 4. The summed E-state index contributed by atoms with van der Waals surface area (Å²) >= 11 is 1.83. The van der Waals surface area contributed by atoms with Gasteiger partial charge in [0, 0.05) is 12.1 Å². The molecule has 5 heteroatoms. The fourth-order valence-electron chi connectivity index (χ4n) is 1.47. The summed E-state index contributed by atoms with van der Waals surface area (Å²) in [6, 6.07) is 2.97. The van der Waals surface area contributed by atoms with Gasteiger partial charge in [-0.1, -0.05) is 6.07 Å². The molecular formula is C12H19NO3S. The molecule has 0 amide bonds. The highest BCUT2D eigenvalue weighted by atomic mass is 32.2. The van der Waals surface area contributed by atoms with Crippen LogP contribution in [0.5, 0.6) is 17.2 Å². The van der Waals surface area contributed by atoms with Crippen molar-refractivity contribution in [1.29, 1.82) is 0 Å². The molecule has 1 rings (SSSR count). The van der Waals surface area contributed by atoms with Gasteiger partial charge in [-0.2, -0.15) is 11.8 Å². The number of phenols is 3. The molecule has 0 fully saturated rings. The number of benzene rings is 1. The van der Waals surface area contributed by atoms with Crippen molar-refractivity contribution in [3.63, 3.8) is 0 Å². The first-order valence-electron chi connectivity index (χ1n) is 5.59. The Kier molecular flexibility index (Phi) is 6.00.